The molecule has 0 spiro atoms. The van der Waals surface area contributed by atoms with Gasteiger partial charge < -0.3 is 0 Å². The van der Waals surface area contributed by atoms with E-state index in [1.165, 1.54) is 109 Å². The second-order valence-corrected chi connectivity index (χ2v) is 10.2. The number of hydrogen-bond acceptors (Lipinski definition) is 3. The van der Waals surface area contributed by atoms with Crippen molar-refractivity contribution >= 4 is 10.4 Å². The Kier molecular flexibility index (Phi) is 22.5. The van der Waals surface area contributed by atoms with Crippen molar-refractivity contribution in [1.29, 1.82) is 0 Å². The molecule has 0 aromatic rings. The van der Waals surface area contributed by atoms with Crippen LogP contribution < -0.4 is 0 Å². The first-order valence-corrected chi connectivity index (χ1v) is 14.6. The predicted molar refractivity (Wildman–Crippen MR) is 134 cm³/mol. The Balaban J connectivity index is 3.89. The smallest absolute Gasteiger partial charge is 0.264 e. The lowest BCUT2D eigenvalue weighted by Crippen LogP contribution is -2.12. The molecule has 0 radical (unpaired) electrons. The summed E-state index contributed by atoms with van der Waals surface area (Å²) in [6, 6.07) is 0. The van der Waals surface area contributed by atoms with E-state index >= 15 is 0 Å². The third kappa shape index (κ3) is 25.7. The van der Waals surface area contributed by atoms with Gasteiger partial charge in [-0.05, 0) is 19.3 Å². The lowest BCUT2D eigenvalue weighted by atomic mass is 9.99. The molecule has 1 unspecified atom stereocenters. The summed E-state index contributed by atoms with van der Waals surface area (Å²) in [6.07, 6.45) is 29.6. The first-order chi connectivity index (χ1) is 15.0. The first-order valence-electron chi connectivity index (χ1n) is 13.3. The molecule has 1 N–H and O–H groups in total. The first kappa shape index (κ1) is 30.6. The quantitative estimate of drug-likeness (QED) is 0.0887. The highest BCUT2D eigenvalue weighted by molar-refractivity contribution is 7.80. The van der Waals surface area contributed by atoms with Gasteiger partial charge in [0.1, 0.15) is 0 Å². The lowest BCUT2D eigenvalue weighted by Gasteiger charge is -2.12. The highest BCUT2D eigenvalue weighted by Crippen LogP contribution is 2.17. The number of allylic oxidation sites excluding steroid dienone is 1. The van der Waals surface area contributed by atoms with E-state index in [0.29, 0.717) is 0 Å². The van der Waals surface area contributed by atoms with E-state index in [9.17, 15) is 8.42 Å². The van der Waals surface area contributed by atoms with Crippen molar-refractivity contribution in [1.82, 2.24) is 0 Å². The van der Waals surface area contributed by atoms with Gasteiger partial charge in [-0.2, -0.15) is 8.42 Å². The van der Waals surface area contributed by atoms with Crippen LogP contribution in [0.15, 0.2) is 12.2 Å². The number of rotatable bonds is 24. The monoisotopic (exact) mass is 460 g/mol. The van der Waals surface area contributed by atoms with Crippen LogP contribution in [0.25, 0.3) is 0 Å². The zero-order valence-electron chi connectivity index (χ0n) is 20.7. The zero-order chi connectivity index (χ0) is 23.0. The molecule has 0 aliphatic rings. The van der Waals surface area contributed by atoms with E-state index in [1.807, 2.05) is 0 Å². The minimum atomic E-state index is -4.36. The molecule has 0 heterocycles. The molecule has 186 valence electrons. The highest BCUT2D eigenvalue weighted by Gasteiger charge is 2.11. The van der Waals surface area contributed by atoms with Gasteiger partial charge in [-0.1, -0.05) is 135 Å². The predicted octanol–water partition coefficient (Wildman–Crippen LogP) is 8.82. The number of hydrogen-bond donors (Lipinski definition) is 1. The summed E-state index contributed by atoms with van der Waals surface area (Å²) < 4.78 is 35.4. The van der Waals surface area contributed by atoms with E-state index in [-0.39, 0.29) is 12.5 Å². The molecule has 0 bridgehead atoms. The van der Waals surface area contributed by atoms with Crippen LogP contribution in [0, 0.1) is 5.92 Å². The molecule has 0 fully saturated rings. The summed E-state index contributed by atoms with van der Waals surface area (Å²) in [5.74, 6) is 0.0602. The fourth-order valence-electron chi connectivity index (χ4n) is 3.99. The van der Waals surface area contributed by atoms with Crippen LogP contribution in [0.5, 0.6) is 0 Å². The summed E-state index contributed by atoms with van der Waals surface area (Å²) in [5, 5.41) is 0. The van der Waals surface area contributed by atoms with Crippen LogP contribution >= 0.6 is 0 Å². The average molecular weight is 461 g/mol. The molecule has 5 heteroatoms. The molecule has 0 aromatic carbocycles. The molecule has 0 saturated heterocycles. The summed E-state index contributed by atoms with van der Waals surface area (Å²) in [5.41, 5.74) is 0. The van der Waals surface area contributed by atoms with Gasteiger partial charge in [-0.25, -0.2) is 4.18 Å². The molecule has 0 aliphatic heterocycles. The maximum atomic E-state index is 10.9. The topological polar surface area (TPSA) is 63.6 Å². The second kappa shape index (κ2) is 22.8. The Morgan fingerprint density at radius 3 is 1.55 bits per heavy atom. The van der Waals surface area contributed by atoms with Crippen molar-refractivity contribution in [2.75, 3.05) is 6.61 Å². The van der Waals surface area contributed by atoms with Crippen LogP contribution in [-0.4, -0.2) is 19.6 Å². The summed E-state index contributed by atoms with van der Waals surface area (Å²) in [4.78, 5) is 0. The molecule has 0 aliphatic carbocycles. The zero-order valence-corrected chi connectivity index (χ0v) is 21.5. The van der Waals surface area contributed by atoms with Gasteiger partial charge in [0.15, 0.2) is 0 Å². The van der Waals surface area contributed by atoms with Crippen molar-refractivity contribution in [3.63, 3.8) is 0 Å². The minimum absolute atomic E-state index is 0.0457. The fourth-order valence-corrected chi connectivity index (χ4v) is 4.33. The van der Waals surface area contributed by atoms with Crippen molar-refractivity contribution in [2.24, 2.45) is 5.92 Å². The van der Waals surface area contributed by atoms with Gasteiger partial charge in [0, 0.05) is 5.92 Å². The van der Waals surface area contributed by atoms with Crippen LogP contribution in [-0.2, 0) is 14.6 Å². The van der Waals surface area contributed by atoms with E-state index < -0.39 is 10.4 Å². The van der Waals surface area contributed by atoms with Gasteiger partial charge in [0.05, 0.1) is 6.61 Å². The van der Waals surface area contributed by atoms with E-state index in [2.05, 4.69) is 30.2 Å². The lowest BCUT2D eigenvalue weighted by molar-refractivity contribution is 0.234. The SMILES string of the molecule is CCCCCCCCC/C=C/C(CCCCCCCCCCCCC)COS(=O)(=O)O. The third-order valence-corrected chi connectivity index (χ3v) is 6.43. The Bertz CT molecular complexity index is 488. The molecular weight excluding hydrogens is 408 g/mol. The Morgan fingerprint density at radius 1 is 0.677 bits per heavy atom. The Labute approximate surface area is 194 Å². The standard InChI is InChI=1S/C26H52O4S/c1-3-5-7-9-11-13-14-16-18-20-22-24-26(25-30-31(27,28)29)23-21-19-17-15-12-10-8-6-4-2/h21,23,26H,3-20,22,24-25H2,1-2H3,(H,27,28,29)/b23-21+. The molecular formula is C26H52O4S. The average Bonchev–Trinajstić information content (AvgIpc) is 2.73. The van der Waals surface area contributed by atoms with E-state index in [0.717, 1.165) is 19.3 Å². The summed E-state index contributed by atoms with van der Waals surface area (Å²) in [7, 11) is -4.36. The molecule has 0 aromatic heterocycles. The molecule has 0 amide bonds. The largest absolute Gasteiger partial charge is 0.397 e. The second-order valence-electron chi connectivity index (χ2n) is 9.13. The van der Waals surface area contributed by atoms with Gasteiger partial charge >= 0.3 is 10.4 Å². The van der Waals surface area contributed by atoms with Crippen molar-refractivity contribution in [2.45, 2.75) is 142 Å². The third-order valence-electron chi connectivity index (χ3n) is 5.99. The highest BCUT2D eigenvalue weighted by atomic mass is 32.3. The van der Waals surface area contributed by atoms with Gasteiger partial charge in [-0.15, -0.1) is 0 Å². The van der Waals surface area contributed by atoms with E-state index in [4.69, 9.17) is 4.55 Å². The van der Waals surface area contributed by atoms with Crippen LogP contribution in [0.2, 0.25) is 0 Å². The van der Waals surface area contributed by atoms with Crippen molar-refractivity contribution < 1.29 is 17.2 Å². The van der Waals surface area contributed by atoms with Crippen LogP contribution in [0.3, 0.4) is 0 Å². The molecule has 4 nitrogen and oxygen atoms in total. The maximum Gasteiger partial charge on any atom is 0.397 e. The minimum Gasteiger partial charge on any atom is -0.264 e. The van der Waals surface area contributed by atoms with Gasteiger partial charge in [0.25, 0.3) is 0 Å². The number of unbranched alkanes of at least 4 members (excludes halogenated alkanes) is 17. The van der Waals surface area contributed by atoms with Crippen LogP contribution in [0.1, 0.15) is 142 Å². The Hall–Kier alpha value is -0.390. The maximum absolute atomic E-state index is 10.9. The van der Waals surface area contributed by atoms with Gasteiger partial charge in [-0.3, -0.25) is 4.55 Å². The molecule has 1 atom stereocenters. The van der Waals surface area contributed by atoms with Crippen molar-refractivity contribution in [3.05, 3.63) is 12.2 Å². The summed E-state index contributed by atoms with van der Waals surface area (Å²) >= 11 is 0. The molecule has 0 rings (SSSR count). The molecule has 31 heavy (non-hydrogen) atoms. The van der Waals surface area contributed by atoms with Crippen molar-refractivity contribution in [3.8, 4) is 0 Å². The normalized spacial score (nSPS) is 13.3. The summed E-state index contributed by atoms with van der Waals surface area (Å²) in [6.45, 7) is 4.54. The molecule has 0 saturated carbocycles. The van der Waals surface area contributed by atoms with E-state index in [1.54, 1.807) is 0 Å². The van der Waals surface area contributed by atoms with Crippen LogP contribution in [0.4, 0.5) is 0 Å². The Morgan fingerprint density at radius 2 is 1.10 bits per heavy atom. The fraction of sp³-hybridized carbons (Fsp3) is 0.923. The van der Waals surface area contributed by atoms with Gasteiger partial charge in [0.2, 0.25) is 0 Å².